The predicted octanol–water partition coefficient (Wildman–Crippen LogP) is 2.12. The zero-order valence-electron chi connectivity index (χ0n) is 7.96. The molecular formula is C10H11BrClNO2. The molecule has 1 aromatic rings. The van der Waals surface area contributed by atoms with E-state index in [0.29, 0.717) is 18.2 Å². The maximum Gasteiger partial charge on any atom is 0.138 e. The van der Waals surface area contributed by atoms with E-state index in [-0.39, 0.29) is 12.6 Å². The first kappa shape index (κ1) is 11.2. The largest absolute Gasteiger partial charge is 0.491 e. The molecule has 1 aromatic carbocycles. The average Bonchev–Trinajstić information content (AvgIpc) is 2.39. The number of aliphatic hydroxyl groups is 1. The Bertz CT molecular complexity index is 373. The molecule has 3 nitrogen and oxygen atoms in total. The number of ether oxygens (including phenoxy) is 1. The Morgan fingerprint density at radius 2 is 2.40 bits per heavy atom. The van der Waals surface area contributed by atoms with Gasteiger partial charge < -0.3 is 15.2 Å². The summed E-state index contributed by atoms with van der Waals surface area (Å²) in [6.07, 6.45) is 0. The van der Waals surface area contributed by atoms with Crippen molar-refractivity contribution in [2.24, 2.45) is 0 Å². The van der Waals surface area contributed by atoms with E-state index in [0.717, 1.165) is 15.8 Å². The van der Waals surface area contributed by atoms with E-state index in [9.17, 15) is 5.11 Å². The van der Waals surface area contributed by atoms with Gasteiger partial charge in [0.2, 0.25) is 0 Å². The fourth-order valence-corrected chi connectivity index (χ4v) is 2.60. The van der Waals surface area contributed by atoms with Crippen LogP contribution in [0.15, 0.2) is 16.6 Å². The molecule has 0 radical (unpaired) electrons. The Kier molecular flexibility index (Phi) is 3.51. The Labute approximate surface area is 102 Å². The molecule has 1 atom stereocenters. The van der Waals surface area contributed by atoms with Crippen molar-refractivity contribution >= 4 is 27.5 Å². The Balaban J connectivity index is 2.50. The number of hydrogen-bond donors (Lipinski definition) is 2. The highest BCUT2D eigenvalue weighted by atomic mass is 79.9. The van der Waals surface area contributed by atoms with E-state index in [4.69, 9.17) is 16.3 Å². The van der Waals surface area contributed by atoms with Crippen molar-refractivity contribution < 1.29 is 9.84 Å². The summed E-state index contributed by atoms with van der Waals surface area (Å²) < 4.78 is 6.41. The third-order valence-electron chi connectivity index (χ3n) is 2.33. The zero-order valence-corrected chi connectivity index (χ0v) is 10.3. The molecule has 1 heterocycles. The molecule has 1 unspecified atom stereocenters. The minimum absolute atomic E-state index is 0.0309. The molecule has 0 amide bonds. The van der Waals surface area contributed by atoms with Gasteiger partial charge in [-0.2, -0.15) is 0 Å². The van der Waals surface area contributed by atoms with Gasteiger partial charge in [-0.25, -0.2) is 0 Å². The highest BCUT2D eigenvalue weighted by Crippen LogP contribution is 2.37. The average molecular weight is 293 g/mol. The van der Waals surface area contributed by atoms with E-state index in [1.807, 2.05) is 6.07 Å². The van der Waals surface area contributed by atoms with Gasteiger partial charge in [0.25, 0.3) is 0 Å². The van der Waals surface area contributed by atoms with Crippen molar-refractivity contribution in [1.29, 1.82) is 0 Å². The first-order chi connectivity index (χ1) is 7.22. The molecule has 0 spiro atoms. The molecule has 0 saturated carbocycles. The van der Waals surface area contributed by atoms with E-state index in [2.05, 4.69) is 21.2 Å². The third-order valence-corrected chi connectivity index (χ3v) is 3.14. The number of hydrogen-bond acceptors (Lipinski definition) is 3. The van der Waals surface area contributed by atoms with Crippen LogP contribution in [-0.4, -0.2) is 24.9 Å². The number of fused-ring (bicyclic) bond motifs is 1. The standard InChI is InChI=1S/C10H11BrClNO2/c11-8-4-6(12)3-7-9(5-14)13-1-2-15-10(7)8/h3-4,9,13-14H,1-2,5H2. The van der Waals surface area contributed by atoms with Crippen LogP contribution in [0.5, 0.6) is 5.75 Å². The van der Waals surface area contributed by atoms with Crippen molar-refractivity contribution in [2.75, 3.05) is 19.8 Å². The molecule has 2 rings (SSSR count). The fourth-order valence-electron chi connectivity index (χ4n) is 1.65. The molecular weight excluding hydrogens is 281 g/mol. The van der Waals surface area contributed by atoms with Gasteiger partial charge in [0, 0.05) is 17.1 Å². The highest BCUT2D eigenvalue weighted by molar-refractivity contribution is 9.10. The maximum absolute atomic E-state index is 9.27. The highest BCUT2D eigenvalue weighted by Gasteiger charge is 2.21. The lowest BCUT2D eigenvalue weighted by atomic mass is 10.1. The lowest BCUT2D eigenvalue weighted by Gasteiger charge is -2.16. The molecule has 0 aromatic heterocycles. The second-order valence-corrected chi connectivity index (χ2v) is 4.63. The fraction of sp³-hybridized carbons (Fsp3) is 0.400. The summed E-state index contributed by atoms with van der Waals surface area (Å²) in [5.41, 5.74) is 0.898. The van der Waals surface area contributed by atoms with Gasteiger partial charge in [0.1, 0.15) is 12.4 Å². The van der Waals surface area contributed by atoms with Gasteiger partial charge in [-0.15, -0.1) is 0 Å². The molecule has 5 heteroatoms. The number of nitrogens with one attached hydrogen (secondary N) is 1. The minimum Gasteiger partial charge on any atom is -0.491 e. The maximum atomic E-state index is 9.27. The van der Waals surface area contributed by atoms with Crippen molar-refractivity contribution in [3.8, 4) is 5.75 Å². The summed E-state index contributed by atoms with van der Waals surface area (Å²) in [6.45, 7) is 1.33. The van der Waals surface area contributed by atoms with E-state index in [1.54, 1.807) is 6.07 Å². The monoisotopic (exact) mass is 291 g/mol. The first-order valence-corrected chi connectivity index (χ1v) is 5.85. The van der Waals surface area contributed by atoms with Crippen LogP contribution in [0.1, 0.15) is 11.6 Å². The minimum atomic E-state index is -0.113. The molecule has 0 saturated heterocycles. The SMILES string of the molecule is OCC1NCCOc2c(Br)cc(Cl)cc21. The summed E-state index contributed by atoms with van der Waals surface area (Å²) in [4.78, 5) is 0. The summed E-state index contributed by atoms with van der Waals surface area (Å²) in [7, 11) is 0. The predicted molar refractivity (Wildman–Crippen MR) is 62.5 cm³/mol. The van der Waals surface area contributed by atoms with Gasteiger partial charge in [-0.1, -0.05) is 11.6 Å². The summed E-state index contributed by atoms with van der Waals surface area (Å²) in [5, 5.41) is 13.1. The summed E-state index contributed by atoms with van der Waals surface area (Å²) in [5.74, 6) is 0.767. The molecule has 15 heavy (non-hydrogen) atoms. The van der Waals surface area contributed by atoms with Crippen molar-refractivity contribution in [3.63, 3.8) is 0 Å². The Morgan fingerprint density at radius 3 is 3.13 bits per heavy atom. The van der Waals surface area contributed by atoms with Crippen molar-refractivity contribution in [2.45, 2.75) is 6.04 Å². The zero-order chi connectivity index (χ0) is 10.8. The first-order valence-electron chi connectivity index (χ1n) is 4.68. The molecule has 82 valence electrons. The van der Waals surface area contributed by atoms with Crippen LogP contribution in [0, 0.1) is 0 Å². The number of aliphatic hydroxyl groups excluding tert-OH is 1. The van der Waals surface area contributed by atoms with Crippen LogP contribution in [0.2, 0.25) is 5.02 Å². The topological polar surface area (TPSA) is 41.5 Å². The van der Waals surface area contributed by atoms with Crippen LogP contribution >= 0.6 is 27.5 Å². The van der Waals surface area contributed by atoms with Crippen LogP contribution in [-0.2, 0) is 0 Å². The lowest BCUT2D eigenvalue weighted by molar-refractivity contribution is 0.245. The molecule has 0 bridgehead atoms. The lowest BCUT2D eigenvalue weighted by Crippen LogP contribution is -2.25. The van der Waals surface area contributed by atoms with E-state index >= 15 is 0 Å². The second-order valence-electron chi connectivity index (χ2n) is 3.34. The molecule has 0 aliphatic carbocycles. The molecule has 1 aliphatic rings. The molecule has 1 aliphatic heterocycles. The molecule has 2 N–H and O–H groups in total. The van der Waals surface area contributed by atoms with Crippen LogP contribution in [0.25, 0.3) is 0 Å². The Hall–Kier alpha value is -0.290. The number of benzene rings is 1. The third kappa shape index (κ3) is 2.28. The van der Waals surface area contributed by atoms with Crippen LogP contribution < -0.4 is 10.1 Å². The van der Waals surface area contributed by atoms with Gasteiger partial charge in [0.05, 0.1) is 17.1 Å². The van der Waals surface area contributed by atoms with Gasteiger partial charge in [0.15, 0.2) is 0 Å². The van der Waals surface area contributed by atoms with Gasteiger partial charge in [-0.3, -0.25) is 0 Å². The summed E-state index contributed by atoms with van der Waals surface area (Å²) >= 11 is 9.37. The number of halogens is 2. The summed E-state index contributed by atoms with van der Waals surface area (Å²) in [6, 6.07) is 3.50. The smallest absolute Gasteiger partial charge is 0.138 e. The van der Waals surface area contributed by atoms with Crippen LogP contribution in [0.3, 0.4) is 0 Å². The quantitative estimate of drug-likeness (QED) is 0.833. The Morgan fingerprint density at radius 1 is 1.60 bits per heavy atom. The van der Waals surface area contributed by atoms with Gasteiger partial charge in [-0.05, 0) is 28.1 Å². The molecule has 0 fully saturated rings. The normalized spacial score (nSPS) is 20.3. The number of rotatable bonds is 1. The van der Waals surface area contributed by atoms with Crippen LogP contribution in [0.4, 0.5) is 0 Å². The van der Waals surface area contributed by atoms with E-state index < -0.39 is 0 Å². The van der Waals surface area contributed by atoms with Crippen molar-refractivity contribution in [1.82, 2.24) is 5.32 Å². The van der Waals surface area contributed by atoms with Crippen molar-refractivity contribution in [3.05, 3.63) is 27.2 Å². The van der Waals surface area contributed by atoms with E-state index in [1.165, 1.54) is 0 Å². The van der Waals surface area contributed by atoms with Gasteiger partial charge >= 0.3 is 0 Å². The second kappa shape index (κ2) is 4.70.